The van der Waals surface area contributed by atoms with Crippen LogP contribution in [0.3, 0.4) is 0 Å². The van der Waals surface area contributed by atoms with Crippen LogP contribution < -0.4 is 5.32 Å². The van der Waals surface area contributed by atoms with Crippen LogP contribution in [0.5, 0.6) is 0 Å². The fourth-order valence-electron chi connectivity index (χ4n) is 6.13. The maximum absolute atomic E-state index is 12.6. The van der Waals surface area contributed by atoms with E-state index in [-0.39, 0.29) is 5.91 Å². The van der Waals surface area contributed by atoms with Gasteiger partial charge in [0.15, 0.2) is 5.69 Å². The second-order valence-electron chi connectivity index (χ2n) is 8.42. The number of carbonyl (C=O) groups excluding carboxylic acids is 1. The lowest BCUT2D eigenvalue weighted by Gasteiger charge is -2.59. The van der Waals surface area contributed by atoms with Gasteiger partial charge in [-0.2, -0.15) is 0 Å². The van der Waals surface area contributed by atoms with Crippen molar-refractivity contribution in [1.29, 1.82) is 0 Å². The van der Waals surface area contributed by atoms with Gasteiger partial charge in [0.1, 0.15) is 5.76 Å². The summed E-state index contributed by atoms with van der Waals surface area (Å²) in [7, 11) is 0. The van der Waals surface area contributed by atoms with Crippen molar-refractivity contribution in [3.8, 4) is 0 Å². The minimum Gasteiger partial charge on any atom is -0.361 e. The molecule has 1 amide bonds. The van der Waals surface area contributed by atoms with Crippen molar-refractivity contribution in [3.05, 3.63) is 17.5 Å². The molecule has 0 radical (unpaired) electrons. The fourth-order valence-corrected chi connectivity index (χ4v) is 6.13. The largest absolute Gasteiger partial charge is 0.361 e. The van der Waals surface area contributed by atoms with Crippen LogP contribution in [0.2, 0.25) is 0 Å². The molecule has 4 aliphatic carbocycles. The van der Waals surface area contributed by atoms with Gasteiger partial charge in [-0.1, -0.05) is 18.5 Å². The molecule has 0 aliphatic heterocycles. The summed E-state index contributed by atoms with van der Waals surface area (Å²) in [6.45, 7) is 4.05. The second-order valence-corrected chi connectivity index (χ2v) is 8.42. The predicted octanol–water partition coefficient (Wildman–Crippen LogP) is 4.10. The van der Waals surface area contributed by atoms with Gasteiger partial charge in [0.25, 0.3) is 5.91 Å². The highest BCUT2D eigenvalue weighted by atomic mass is 16.5. The van der Waals surface area contributed by atoms with E-state index in [1.807, 2.05) is 6.92 Å². The summed E-state index contributed by atoms with van der Waals surface area (Å²) in [5, 5.41) is 7.23. The molecule has 1 aromatic rings. The molecule has 4 saturated carbocycles. The molecule has 4 nitrogen and oxygen atoms in total. The van der Waals surface area contributed by atoms with Crippen molar-refractivity contribution in [2.24, 2.45) is 23.2 Å². The predicted molar refractivity (Wildman–Crippen MR) is 88.0 cm³/mol. The van der Waals surface area contributed by atoms with E-state index in [4.69, 9.17) is 4.52 Å². The Balaban J connectivity index is 1.54. The first-order valence-corrected chi connectivity index (χ1v) is 9.32. The van der Waals surface area contributed by atoms with Crippen molar-refractivity contribution in [2.75, 3.05) is 0 Å². The Hall–Kier alpha value is -1.32. The molecule has 4 heteroatoms. The third-order valence-electron chi connectivity index (χ3n) is 6.57. The van der Waals surface area contributed by atoms with Gasteiger partial charge in [-0.3, -0.25) is 4.79 Å². The lowest BCUT2D eigenvalue weighted by Crippen LogP contribution is -2.56. The van der Waals surface area contributed by atoms with Gasteiger partial charge >= 0.3 is 0 Å². The van der Waals surface area contributed by atoms with Crippen LogP contribution in [0.1, 0.15) is 74.5 Å². The topological polar surface area (TPSA) is 55.1 Å². The highest BCUT2D eigenvalue weighted by molar-refractivity contribution is 5.92. The molecule has 0 spiro atoms. The van der Waals surface area contributed by atoms with Gasteiger partial charge in [0, 0.05) is 12.1 Å². The van der Waals surface area contributed by atoms with E-state index < -0.39 is 0 Å². The molecule has 4 bridgehead atoms. The van der Waals surface area contributed by atoms with Gasteiger partial charge < -0.3 is 9.84 Å². The SMILES string of the molecule is CCC[C@@H](NC(=O)c1cc(C)on1)C12CC3CC(CC(C3)C1)C2. The molecule has 1 N–H and O–H groups in total. The minimum atomic E-state index is -0.0592. The zero-order valence-electron chi connectivity index (χ0n) is 14.3. The number of hydrogen-bond acceptors (Lipinski definition) is 3. The minimum absolute atomic E-state index is 0.0592. The molecule has 1 aromatic heterocycles. The highest BCUT2D eigenvalue weighted by Crippen LogP contribution is 2.61. The molecule has 4 fully saturated rings. The standard InChI is InChI=1S/C19H28N2O2/c1-3-4-17(20-18(22)16-5-12(2)23-21-16)19-9-13-6-14(10-19)8-15(7-13)11-19/h5,13-15,17H,3-4,6-11H2,1-2H3,(H,20,22)/t13?,14?,15?,17-,19?/m1/s1. The van der Waals surface area contributed by atoms with Crippen LogP contribution >= 0.6 is 0 Å². The van der Waals surface area contributed by atoms with E-state index in [0.717, 1.165) is 30.6 Å². The van der Waals surface area contributed by atoms with Crippen LogP contribution in [0.25, 0.3) is 0 Å². The molecular formula is C19H28N2O2. The highest BCUT2D eigenvalue weighted by Gasteiger charge is 2.54. The van der Waals surface area contributed by atoms with Crippen molar-refractivity contribution in [1.82, 2.24) is 10.5 Å². The van der Waals surface area contributed by atoms with Gasteiger partial charge in [-0.05, 0) is 75.0 Å². The first kappa shape index (κ1) is 15.2. The molecular weight excluding hydrogens is 288 g/mol. The zero-order valence-corrected chi connectivity index (χ0v) is 14.3. The van der Waals surface area contributed by atoms with E-state index in [2.05, 4.69) is 17.4 Å². The van der Waals surface area contributed by atoms with E-state index in [0.29, 0.717) is 22.9 Å². The molecule has 23 heavy (non-hydrogen) atoms. The second kappa shape index (κ2) is 5.64. The number of hydrogen-bond donors (Lipinski definition) is 1. The number of carbonyl (C=O) groups is 1. The van der Waals surface area contributed by atoms with E-state index >= 15 is 0 Å². The lowest BCUT2D eigenvalue weighted by atomic mass is 9.47. The molecule has 0 unspecified atom stereocenters. The third kappa shape index (κ3) is 2.70. The Labute approximate surface area is 138 Å². The summed E-state index contributed by atoms with van der Waals surface area (Å²) in [6, 6.07) is 2.03. The summed E-state index contributed by atoms with van der Waals surface area (Å²) in [4.78, 5) is 12.6. The van der Waals surface area contributed by atoms with Crippen molar-refractivity contribution in [3.63, 3.8) is 0 Å². The maximum Gasteiger partial charge on any atom is 0.273 e. The Morgan fingerprint density at radius 3 is 2.39 bits per heavy atom. The van der Waals surface area contributed by atoms with Crippen molar-refractivity contribution < 1.29 is 9.32 Å². The number of rotatable bonds is 5. The average Bonchev–Trinajstić information content (AvgIpc) is 2.92. The summed E-state index contributed by atoms with van der Waals surface area (Å²) < 4.78 is 5.07. The van der Waals surface area contributed by atoms with Crippen LogP contribution in [0.15, 0.2) is 10.6 Å². The lowest BCUT2D eigenvalue weighted by molar-refractivity contribution is -0.0736. The van der Waals surface area contributed by atoms with Crippen LogP contribution in [-0.2, 0) is 0 Å². The normalized spacial score (nSPS) is 36.2. The number of nitrogens with one attached hydrogen (secondary N) is 1. The Morgan fingerprint density at radius 1 is 1.30 bits per heavy atom. The Kier molecular flexibility index (Phi) is 3.73. The first-order chi connectivity index (χ1) is 11.1. The quantitative estimate of drug-likeness (QED) is 0.890. The molecule has 0 saturated heterocycles. The van der Waals surface area contributed by atoms with Gasteiger partial charge in [-0.15, -0.1) is 0 Å². The average molecular weight is 316 g/mol. The first-order valence-electron chi connectivity index (χ1n) is 9.32. The number of amides is 1. The number of nitrogens with zero attached hydrogens (tertiary/aromatic N) is 1. The van der Waals surface area contributed by atoms with Crippen LogP contribution in [0, 0.1) is 30.1 Å². The molecule has 1 atom stereocenters. The Morgan fingerprint density at radius 2 is 1.91 bits per heavy atom. The van der Waals surface area contributed by atoms with E-state index in [9.17, 15) is 4.79 Å². The zero-order chi connectivity index (χ0) is 16.0. The van der Waals surface area contributed by atoms with Crippen LogP contribution in [0.4, 0.5) is 0 Å². The van der Waals surface area contributed by atoms with Gasteiger partial charge in [0.2, 0.25) is 0 Å². The van der Waals surface area contributed by atoms with Gasteiger partial charge in [-0.25, -0.2) is 0 Å². The summed E-state index contributed by atoms with van der Waals surface area (Å²) >= 11 is 0. The molecule has 126 valence electrons. The summed E-state index contributed by atoms with van der Waals surface area (Å²) in [5.74, 6) is 3.36. The number of aryl methyl sites for hydroxylation is 1. The van der Waals surface area contributed by atoms with Gasteiger partial charge in [0.05, 0.1) is 0 Å². The van der Waals surface area contributed by atoms with E-state index in [1.54, 1.807) is 6.07 Å². The molecule has 1 heterocycles. The van der Waals surface area contributed by atoms with Crippen LogP contribution in [-0.4, -0.2) is 17.1 Å². The van der Waals surface area contributed by atoms with E-state index in [1.165, 1.54) is 38.5 Å². The molecule has 5 rings (SSSR count). The van der Waals surface area contributed by atoms with Crippen molar-refractivity contribution >= 4 is 5.91 Å². The molecule has 4 aliphatic rings. The molecule has 0 aromatic carbocycles. The maximum atomic E-state index is 12.6. The smallest absolute Gasteiger partial charge is 0.273 e. The van der Waals surface area contributed by atoms with Crippen molar-refractivity contribution in [2.45, 2.75) is 71.3 Å². The fraction of sp³-hybridized carbons (Fsp3) is 0.789. The summed E-state index contributed by atoms with van der Waals surface area (Å²) in [6.07, 6.45) is 10.5. The summed E-state index contributed by atoms with van der Waals surface area (Å²) in [5.41, 5.74) is 0.771. The monoisotopic (exact) mass is 316 g/mol. The third-order valence-corrected chi connectivity index (χ3v) is 6.57. The Bertz CT molecular complexity index is 557. The number of aromatic nitrogens is 1.